The maximum Gasteiger partial charge on any atom is 0.255 e. The van der Waals surface area contributed by atoms with Crippen molar-refractivity contribution in [3.05, 3.63) is 18.2 Å². The number of amides is 1. The minimum atomic E-state index is -0.675. The number of nitrogens with one attached hydrogen (secondary N) is 1. The third-order valence-corrected chi connectivity index (χ3v) is 3.03. The second-order valence-electron chi connectivity index (χ2n) is 5.19. The lowest BCUT2D eigenvalue weighted by atomic mass is 10.2. The van der Waals surface area contributed by atoms with E-state index in [2.05, 4.69) is 5.32 Å². The molecule has 1 aromatic carbocycles. The van der Waals surface area contributed by atoms with Crippen LogP contribution in [0.4, 0.5) is 5.69 Å². The van der Waals surface area contributed by atoms with Crippen LogP contribution in [0, 0.1) is 0 Å². The normalized spacial score (nSPS) is 23.4. The maximum absolute atomic E-state index is 12.0. The van der Waals surface area contributed by atoms with E-state index in [0.717, 1.165) is 0 Å². The number of anilines is 1. The molecule has 1 unspecified atom stereocenters. The van der Waals surface area contributed by atoms with Crippen LogP contribution < -0.4 is 14.8 Å². The molecule has 1 fully saturated rings. The van der Waals surface area contributed by atoms with Crippen LogP contribution in [0.5, 0.6) is 11.5 Å². The van der Waals surface area contributed by atoms with Gasteiger partial charge in [0.1, 0.15) is 0 Å². The molecule has 0 aliphatic carbocycles. The predicted molar refractivity (Wildman–Crippen MR) is 71.0 cm³/mol. The predicted octanol–water partition coefficient (Wildman–Crippen LogP) is 1.55. The summed E-state index contributed by atoms with van der Waals surface area (Å²) in [5.74, 6) is 0.396. The van der Waals surface area contributed by atoms with E-state index in [1.807, 2.05) is 13.8 Å². The Labute approximate surface area is 117 Å². The van der Waals surface area contributed by atoms with Crippen molar-refractivity contribution in [3.8, 4) is 11.5 Å². The van der Waals surface area contributed by atoms with Gasteiger partial charge >= 0.3 is 0 Å². The Bertz CT molecular complexity index is 522. The van der Waals surface area contributed by atoms with Gasteiger partial charge in [-0.15, -0.1) is 0 Å². The van der Waals surface area contributed by atoms with Crippen LogP contribution in [-0.2, 0) is 14.3 Å². The van der Waals surface area contributed by atoms with Crippen molar-refractivity contribution in [1.82, 2.24) is 0 Å². The first kappa shape index (κ1) is 13.2. The first-order chi connectivity index (χ1) is 9.53. The van der Waals surface area contributed by atoms with Gasteiger partial charge in [0.2, 0.25) is 5.79 Å². The second kappa shape index (κ2) is 4.96. The van der Waals surface area contributed by atoms with Crippen LogP contribution in [0.25, 0.3) is 0 Å². The highest BCUT2D eigenvalue weighted by molar-refractivity contribution is 5.94. The fourth-order valence-electron chi connectivity index (χ4n) is 2.16. The molecule has 2 heterocycles. The molecule has 2 aliphatic rings. The fraction of sp³-hybridized carbons (Fsp3) is 0.500. The lowest BCUT2D eigenvalue weighted by molar-refractivity contribution is -0.142. The van der Waals surface area contributed by atoms with E-state index < -0.39 is 11.9 Å². The summed E-state index contributed by atoms with van der Waals surface area (Å²) in [5.41, 5.74) is 0.643. The Balaban J connectivity index is 1.68. The highest BCUT2D eigenvalue weighted by Crippen LogP contribution is 2.40. The number of hydrogen-bond acceptors (Lipinski definition) is 5. The number of benzene rings is 1. The number of hydrogen-bond donors (Lipinski definition) is 1. The molecular formula is C14H17NO5. The summed E-state index contributed by atoms with van der Waals surface area (Å²) in [7, 11) is 0. The van der Waals surface area contributed by atoms with Crippen LogP contribution in [0.2, 0.25) is 0 Å². The van der Waals surface area contributed by atoms with Crippen LogP contribution >= 0.6 is 0 Å². The Kier molecular flexibility index (Phi) is 3.27. The summed E-state index contributed by atoms with van der Waals surface area (Å²) >= 11 is 0. The minimum absolute atomic E-state index is 0.220. The van der Waals surface area contributed by atoms with Crippen molar-refractivity contribution in [2.24, 2.45) is 0 Å². The number of carbonyl (C=O) groups excluding carboxylic acids is 1. The molecule has 0 spiro atoms. The molecule has 3 rings (SSSR count). The van der Waals surface area contributed by atoms with E-state index >= 15 is 0 Å². The molecule has 0 bridgehead atoms. The smallest absolute Gasteiger partial charge is 0.255 e. The van der Waals surface area contributed by atoms with Crippen LogP contribution in [-0.4, -0.2) is 37.6 Å². The molecular weight excluding hydrogens is 262 g/mol. The summed E-state index contributed by atoms with van der Waals surface area (Å²) in [6.07, 6.45) is -0.564. The minimum Gasteiger partial charge on any atom is -0.449 e. The second-order valence-corrected chi connectivity index (χ2v) is 5.19. The first-order valence-corrected chi connectivity index (χ1v) is 6.56. The van der Waals surface area contributed by atoms with Gasteiger partial charge in [-0.25, -0.2) is 0 Å². The molecule has 0 saturated carbocycles. The third kappa shape index (κ3) is 2.71. The molecule has 6 nitrogen and oxygen atoms in total. The average molecular weight is 279 g/mol. The zero-order valence-corrected chi connectivity index (χ0v) is 11.5. The van der Waals surface area contributed by atoms with Gasteiger partial charge in [-0.2, -0.15) is 0 Å². The van der Waals surface area contributed by atoms with Gasteiger partial charge in [0.25, 0.3) is 5.91 Å². The summed E-state index contributed by atoms with van der Waals surface area (Å²) in [5, 5.41) is 2.79. The quantitative estimate of drug-likeness (QED) is 0.889. The Morgan fingerprint density at radius 1 is 1.25 bits per heavy atom. The number of carbonyl (C=O) groups is 1. The molecule has 1 N–H and O–H groups in total. The van der Waals surface area contributed by atoms with Gasteiger partial charge in [-0.3, -0.25) is 4.79 Å². The molecule has 0 radical (unpaired) electrons. The van der Waals surface area contributed by atoms with E-state index in [-0.39, 0.29) is 12.5 Å². The topological polar surface area (TPSA) is 66.0 Å². The standard InChI is InChI=1S/C14H17NO5/c1-14(2)19-10-4-3-9(7-11(10)20-14)15-13(16)12-8-17-5-6-18-12/h3-4,7,12H,5-6,8H2,1-2H3,(H,15,16). The highest BCUT2D eigenvalue weighted by Gasteiger charge is 2.32. The van der Waals surface area contributed by atoms with Crippen molar-refractivity contribution in [2.75, 3.05) is 25.1 Å². The van der Waals surface area contributed by atoms with Gasteiger partial charge in [-0.05, 0) is 12.1 Å². The van der Waals surface area contributed by atoms with Gasteiger partial charge < -0.3 is 24.3 Å². The summed E-state index contributed by atoms with van der Waals surface area (Å²) in [6.45, 7) is 4.91. The third-order valence-electron chi connectivity index (χ3n) is 3.03. The summed E-state index contributed by atoms with van der Waals surface area (Å²) in [6, 6.07) is 5.29. The molecule has 6 heteroatoms. The van der Waals surface area contributed by atoms with Gasteiger partial charge in [0.15, 0.2) is 17.6 Å². The van der Waals surface area contributed by atoms with Gasteiger partial charge in [-0.1, -0.05) is 0 Å². The number of rotatable bonds is 2. The van der Waals surface area contributed by atoms with E-state index in [4.69, 9.17) is 18.9 Å². The van der Waals surface area contributed by atoms with Crippen molar-refractivity contribution >= 4 is 11.6 Å². The summed E-state index contributed by atoms with van der Waals surface area (Å²) < 4.78 is 21.8. The van der Waals surface area contributed by atoms with E-state index in [0.29, 0.717) is 30.4 Å². The molecule has 20 heavy (non-hydrogen) atoms. The number of fused-ring (bicyclic) bond motifs is 1. The SMILES string of the molecule is CC1(C)Oc2ccc(NC(=O)C3COCCO3)cc2O1. The van der Waals surface area contributed by atoms with Crippen molar-refractivity contribution < 1.29 is 23.7 Å². The van der Waals surface area contributed by atoms with E-state index in [9.17, 15) is 4.79 Å². The molecule has 1 saturated heterocycles. The lowest BCUT2D eigenvalue weighted by Crippen LogP contribution is -2.39. The fourth-order valence-corrected chi connectivity index (χ4v) is 2.16. The van der Waals surface area contributed by atoms with Crippen LogP contribution in [0.1, 0.15) is 13.8 Å². The zero-order valence-electron chi connectivity index (χ0n) is 11.5. The monoisotopic (exact) mass is 279 g/mol. The van der Waals surface area contributed by atoms with E-state index in [1.165, 1.54) is 0 Å². The molecule has 2 aliphatic heterocycles. The average Bonchev–Trinajstić information content (AvgIpc) is 2.73. The summed E-state index contributed by atoms with van der Waals surface area (Å²) in [4.78, 5) is 12.0. The Hall–Kier alpha value is -1.79. The maximum atomic E-state index is 12.0. The molecule has 108 valence electrons. The molecule has 1 atom stereocenters. The number of ether oxygens (including phenoxy) is 4. The van der Waals surface area contributed by atoms with Crippen LogP contribution in [0.3, 0.4) is 0 Å². The Morgan fingerprint density at radius 2 is 2.05 bits per heavy atom. The lowest BCUT2D eigenvalue weighted by Gasteiger charge is -2.22. The van der Waals surface area contributed by atoms with Crippen molar-refractivity contribution in [2.45, 2.75) is 25.7 Å². The van der Waals surface area contributed by atoms with Gasteiger partial charge in [0, 0.05) is 25.6 Å². The highest BCUT2D eigenvalue weighted by atomic mass is 16.7. The molecule has 0 aromatic heterocycles. The largest absolute Gasteiger partial charge is 0.449 e. The first-order valence-electron chi connectivity index (χ1n) is 6.56. The van der Waals surface area contributed by atoms with Crippen LogP contribution in [0.15, 0.2) is 18.2 Å². The van der Waals surface area contributed by atoms with Crippen molar-refractivity contribution in [3.63, 3.8) is 0 Å². The van der Waals surface area contributed by atoms with E-state index in [1.54, 1.807) is 18.2 Å². The Morgan fingerprint density at radius 3 is 2.80 bits per heavy atom. The molecule has 1 aromatic rings. The van der Waals surface area contributed by atoms with Gasteiger partial charge in [0.05, 0.1) is 19.8 Å². The zero-order chi connectivity index (χ0) is 14.2. The van der Waals surface area contributed by atoms with Crippen molar-refractivity contribution in [1.29, 1.82) is 0 Å². The molecule has 1 amide bonds.